The van der Waals surface area contributed by atoms with E-state index in [0.717, 1.165) is 23.1 Å². The van der Waals surface area contributed by atoms with Gasteiger partial charge in [0.15, 0.2) is 15.5 Å². The average molecular weight is 451 g/mol. The third-order valence-corrected chi connectivity index (χ3v) is 5.43. The van der Waals surface area contributed by atoms with Crippen molar-refractivity contribution in [3.63, 3.8) is 0 Å². The maximum atomic E-state index is 13.4. The van der Waals surface area contributed by atoms with Crippen LogP contribution in [0.25, 0.3) is 5.69 Å². The molecule has 31 heavy (non-hydrogen) atoms. The Kier molecular flexibility index (Phi) is 5.72. The normalized spacial score (nSPS) is 11.9. The summed E-state index contributed by atoms with van der Waals surface area (Å²) in [6.07, 6.45) is -3.64. The van der Waals surface area contributed by atoms with Gasteiger partial charge < -0.3 is 5.32 Å². The number of aromatic nitrogens is 2. The molecule has 0 spiro atoms. The topological polar surface area (TPSA) is 98.1 Å². The van der Waals surface area contributed by atoms with Crippen LogP contribution in [0.4, 0.5) is 18.9 Å². The van der Waals surface area contributed by atoms with Gasteiger partial charge in [0.25, 0.3) is 5.91 Å². The third kappa shape index (κ3) is 4.82. The molecule has 11 heteroatoms. The van der Waals surface area contributed by atoms with Crippen molar-refractivity contribution in [2.24, 2.45) is 0 Å². The molecule has 0 radical (unpaired) electrons. The van der Waals surface area contributed by atoms with Crippen molar-refractivity contribution in [3.8, 4) is 5.69 Å². The fourth-order valence-electron chi connectivity index (χ4n) is 2.82. The number of halogens is 3. The molecule has 0 aliphatic heterocycles. The maximum Gasteiger partial charge on any atom is 0.418 e. The van der Waals surface area contributed by atoms with Crippen LogP contribution in [0.15, 0.2) is 64.3 Å². The number of carbonyl (C=O) groups excluding carboxylic acids is 1. The second kappa shape index (κ2) is 7.99. The SMILES string of the molecule is Cc1cc(=O)c(C(=O)Nc2ccc(S(C)(=O)=O)cc2)nn1-c1ccccc1C(F)(F)F. The minimum atomic E-state index is -4.67. The quantitative estimate of drug-likeness (QED) is 0.657. The van der Waals surface area contributed by atoms with Crippen LogP contribution in [-0.2, 0) is 16.0 Å². The van der Waals surface area contributed by atoms with Gasteiger partial charge in [-0.2, -0.15) is 18.3 Å². The molecule has 0 saturated carbocycles. The highest BCUT2D eigenvalue weighted by atomic mass is 32.2. The summed E-state index contributed by atoms with van der Waals surface area (Å²) in [6.45, 7) is 1.40. The minimum Gasteiger partial charge on any atom is -0.320 e. The largest absolute Gasteiger partial charge is 0.418 e. The Bertz CT molecular complexity index is 1310. The molecule has 0 unspecified atom stereocenters. The summed E-state index contributed by atoms with van der Waals surface area (Å²) >= 11 is 0. The Morgan fingerprint density at radius 3 is 2.26 bits per heavy atom. The van der Waals surface area contributed by atoms with Crippen molar-refractivity contribution in [1.29, 1.82) is 0 Å². The van der Waals surface area contributed by atoms with Gasteiger partial charge in [0.1, 0.15) is 0 Å². The first-order valence-electron chi connectivity index (χ1n) is 8.77. The van der Waals surface area contributed by atoms with Crippen LogP contribution >= 0.6 is 0 Å². The van der Waals surface area contributed by atoms with Crippen LogP contribution in [0.2, 0.25) is 0 Å². The monoisotopic (exact) mass is 451 g/mol. The van der Waals surface area contributed by atoms with E-state index in [1.165, 1.54) is 49.4 Å². The lowest BCUT2D eigenvalue weighted by atomic mass is 10.1. The number of anilines is 1. The standard InChI is InChI=1S/C20H16F3N3O4S/c1-12-11-17(27)18(19(28)24-13-7-9-14(10-8-13)31(2,29)30)25-26(12)16-6-4-3-5-15(16)20(21,22)23/h3-11H,1-2H3,(H,24,28). The Morgan fingerprint density at radius 2 is 1.68 bits per heavy atom. The van der Waals surface area contributed by atoms with E-state index >= 15 is 0 Å². The molecule has 162 valence electrons. The first-order chi connectivity index (χ1) is 14.4. The first kappa shape index (κ1) is 22.2. The Balaban J connectivity index is 2.01. The van der Waals surface area contributed by atoms with Crippen molar-refractivity contribution in [3.05, 3.63) is 81.8 Å². The van der Waals surface area contributed by atoms with Crippen molar-refractivity contribution in [1.82, 2.24) is 9.78 Å². The zero-order valence-corrected chi connectivity index (χ0v) is 17.1. The molecule has 0 aliphatic rings. The number of alkyl halides is 3. The number of nitrogens with one attached hydrogen (secondary N) is 1. The fourth-order valence-corrected chi connectivity index (χ4v) is 3.45. The summed E-state index contributed by atoms with van der Waals surface area (Å²) in [5.74, 6) is -0.949. The van der Waals surface area contributed by atoms with Gasteiger partial charge in [-0.05, 0) is 43.3 Å². The van der Waals surface area contributed by atoms with Crippen molar-refractivity contribution in [2.75, 3.05) is 11.6 Å². The number of sulfone groups is 1. The highest BCUT2D eigenvalue weighted by Gasteiger charge is 2.34. The Labute approximate surface area is 175 Å². The van der Waals surface area contributed by atoms with E-state index in [2.05, 4.69) is 10.4 Å². The lowest BCUT2D eigenvalue weighted by Crippen LogP contribution is -2.27. The van der Waals surface area contributed by atoms with Gasteiger partial charge in [-0.1, -0.05) is 12.1 Å². The second-order valence-corrected chi connectivity index (χ2v) is 8.69. The van der Waals surface area contributed by atoms with Crippen LogP contribution in [0.5, 0.6) is 0 Å². The molecule has 3 aromatic rings. The minimum absolute atomic E-state index is 0.0325. The lowest BCUT2D eigenvalue weighted by molar-refractivity contribution is -0.137. The number of hydrogen-bond acceptors (Lipinski definition) is 5. The number of rotatable bonds is 4. The molecule has 0 bridgehead atoms. The van der Waals surface area contributed by atoms with E-state index in [0.29, 0.717) is 0 Å². The molecule has 7 nitrogen and oxygen atoms in total. The van der Waals surface area contributed by atoms with E-state index < -0.39 is 38.6 Å². The molecular formula is C20H16F3N3O4S. The van der Waals surface area contributed by atoms with Gasteiger partial charge in [-0.3, -0.25) is 9.59 Å². The summed E-state index contributed by atoms with van der Waals surface area (Å²) < 4.78 is 64.1. The third-order valence-electron chi connectivity index (χ3n) is 4.30. The summed E-state index contributed by atoms with van der Waals surface area (Å²) in [6, 6.07) is 10.8. The molecule has 1 amide bonds. The lowest BCUT2D eigenvalue weighted by Gasteiger charge is -2.16. The Hall–Kier alpha value is -3.47. The van der Waals surface area contributed by atoms with Crippen LogP contribution in [0, 0.1) is 6.92 Å². The number of aryl methyl sites for hydroxylation is 1. The number of para-hydroxylation sites is 1. The van der Waals surface area contributed by atoms with Crippen molar-refractivity contribution in [2.45, 2.75) is 18.0 Å². The number of benzene rings is 2. The average Bonchev–Trinajstić information content (AvgIpc) is 2.67. The second-order valence-electron chi connectivity index (χ2n) is 6.68. The summed E-state index contributed by atoms with van der Waals surface area (Å²) in [4.78, 5) is 24.9. The molecule has 1 aromatic heterocycles. The van der Waals surface area contributed by atoms with Gasteiger partial charge in [0, 0.05) is 23.7 Å². The van der Waals surface area contributed by atoms with Gasteiger partial charge >= 0.3 is 6.18 Å². The van der Waals surface area contributed by atoms with E-state index in [1.807, 2.05) is 0 Å². The van der Waals surface area contributed by atoms with E-state index in [-0.39, 0.29) is 22.0 Å². The van der Waals surface area contributed by atoms with Gasteiger partial charge in [-0.25, -0.2) is 13.1 Å². The molecule has 2 aromatic carbocycles. The summed E-state index contributed by atoms with van der Waals surface area (Å²) in [5, 5.41) is 6.25. The van der Waals surface area contributed by atoms with Crippen molar-refractivity contribution >= 4 is 21.4 Å². The van der Waals surface area contributed by atoms with Crippen molar-refractivity contribution < 1.29 is 26.4 Å². The maximum absolute atomic E-state index is 13.4. The number of amides is 1. The van der Waals surface area contributed by atoms with Crippen LogP contribution in [-0.4, -0.2) is 30.4 Å². The van der Waals surface area contributed by atoms with Crippen LogP contribution < -0.4 is 10.7 Å². The van der Waals surface area contributed by atoms with E-state index in [1.54, 1.807) is 0 Å². The highest BCUT2D eigenvalue weighted by Crippen LogP contribution is 2.33. The van der Waals surface area contributed by atoms with E-state index in [9.17, 15) is 31.2 Å². The van der Waals surface area contributed by atoms with Gasteiger partial charge in [0.2, 0.25) is 5.43 Å². The van der Waals surface area contributed by atoms with E-state index in [4.69, 9.17) is 0 Å². The zero-order chi connectivity index (χ0) is 23.0. The molecule has 3 rings (SSSR count). The fraction of sp³-hybridized carbons (Fsp3) is 0.150. The molecule has 0 saturated heterocycles. The number of nitrogens with zero attached hydrogens (tertiary/aromatic N) is 2. The van der Waals surface area contributed by atoms with Crippen LogP contribution in [0.3, 0.4) is 0 Å². The molecule has 1 heterocycles. The molecule has 0 atom stereocenters. The van der Waals surface area contributed by atoms with Crippen LogP contribution in [0.1, 0.15) is 21.7 Å². The smallest absolute Gasteiger partial charge is 0.320 e. The number of hydrogen-bond donors (Lipinski definition) is 1. The number of carbonyl (C=O) groups is 1. The zero-order valence-electron chi connectivity index (χ0n) is 16.3. The Morgan fingerprint density at radius 1 is 1.06 bits per heavy atom. The predicted octanol–water partition coefficient (Wildman–Crippen LogP) is 3.22. The summed E-state index contributed by atoms with van der Waals surface area (Å²) in [5.41, 5.74) is -2.41. The van der Waals surface area contributed by atoms with Gasteiger partial charge in [-0.15, -0.1) is 0 Å². The first-order valence-corrected chi connectivity index (χ1v) is 10.7. The predicted molar refractivity (Wildman–Crippen MR) is 107 cm³/mol. The molecule has 0 fully saturated rings. The molecule has 1 N–H and O–H groups in total. The molecule has 0 aliphatic carbocycles. The highest BCUT2D eigenvalue weighted by molar-refractivity contribution is 7.90. The summed E-state index contributed by atoms with van der Waals surface area (Å²) in [7, 11) is -3.43. The van der Waals surface area contributed by atoms with Gasteiger partial charge in [0.05, 0.1) is 16.1 Å². The molecular weight excluding hydrogens is 435 g/mol.